The highest BCUT2D eigenvalue weighted by Crippen LogP contribution is 2.31. The van der Waals surface area contributed by atoms with Gasteiger partial charge in [-0.05, 0) is 60.9 Å². The monoisotopic (exact) mass is 478 g/mol. The SMILES string of the molecule is O=C(Nc1ccc(SCc2cccnc2)cc1)[C@@H]1CCCN1C1=NS(=O)(=O)c2ccccc21. The first-order chi connectivity index (χ1) is 16.0. The van der Waals surface area contributed by atoms with Crippen LogP contribution >= 0.6 is 11.8 Å². The Morgan fingerprint density at radius 3 is 2.70 bits per heavy atom. The molecule has 1 amide bonds. The van der Waals surface area contributed by atoms with E-state index in [0.29, 0.717) is 30.1 Å². The third-order valence-electron chi connectivity index (χ3n) is 5.69. The number of carbonyl (C=O) groups excluding carboxylic acids is 1. The Morgan fingerprint density at radius 1 is 1.09 bits per heavy atom. The highest BCUT2D eigenvalue weighted by molar-refractivity contribution is 7.98. The Bertz CT molecular complexity index is 1310. The van der Waals surface area contributed by atoms with Crippen molar-refractivity contribution in [2.75, 3.05) is 11.9 Å². The summed E-state index contributed by atoms with van der Waals surface area (Å²) >= 11 is 1.70. The Labute approximate surface area is 197 Å². The third kappa shape index (κ3) is 4.51. The number of nitrogens with zero attached hydrogens (tertiary/aromatic N) is 3. The van der Waals surface area contributed by atoms with Crippen LogP contribution < -0.4 is 5.32 Å². The fraction of sp³-hybridized carbons (Fsp3) is 0.208. The molecule has 2 aliphatic rings. The number of hydrogen-bond donors (Lipinski definition) is 1. The summed E-state index contributed by atoms with van der Waals surface area (Å²) in [6.07, 6.45) is 5.05. The van der Waals surface area contributed by atoms with E-state index in [4.69, 9.17) is 0 Å². The van der Waals surface area contributed by atoms with E-state index >= 15 is 0 Å². The fourth-order valence-corrected chi connectivity index (χ4v) is 6.15. The van der Waals surface area contributed by atoms with Crippen LogP contribution in [0.5, 0.6) is 0 Å². The number of sulfonamides is 1. The minimum atomic E-state index is -3.72. The predicted octanol–water partition coefficient (Wildman–Crippen LogP) is 3.93. The smallest absolute Gasteiger partial charge is 0.285 e. The number of thioether (sulfide) groups is 1. The first-order valence-corrected chi connectivity index (χ1v) is 13.1. The number of likely N-dealkylation sites (tertiary alicyclic amines) is 1. The van der Waals surface area contributed by atoms with E-state index in [2.05, 4.69) is 14.7 Å². The van der Waals surface area contributed by atoms with Gasteiger partial charge >= 0.3 is 0 Å². The molecular weight excluding hydrogens is 456 g/mol. The average Bonchev–Trinajstić information content (AvgIpc) is 3.42. The fourth-order valence-electron chi connectivity index (χ4n) is 4.10. The van der Waals surface area contributed by atoms with Crippen molar-refractivity contribution in [1.82, 2.24) is 9.88 Å². The molecule has 1 aromatic heterocycles. The molecule has 3 heterocycles. The first-order valence-electron chi connectivity index (χ1n) is 10.6. The normalized spacial score (nSPS) is 18.6. The minimum absolute atomic E-state index is 0.159. The summed E-state index contributed by atoms with van der Waals surface area (Å²) < 4.78 is 28.9. The number of benzene rings is 2. The van der Waals surface area contributed by atoms with Crippen LogP contribution in [0, 0.1) is 0 Å². The van der Waals surface area contributed by atoms with Gasteiger partial charge < -0.3 is 10.2 Å². The molecule has 168 valence electrons. The number of fused-ring (bicyclic) bond motifs is 1. The van der Waals surface area contributed by atoms with E-state index in [1.54, 1.807) is 42.2 Å². The lowest BCUT2D eigenvalue weighted by Crippen LogP contribution is -2.43. The van der Waals surface area contributed by atoms with Gasteiger partial charge in [0, 0.05) is 40.8 Å². The van der Waals surface area contributed by atoms with Crippen LogP contribution in [0.1, 0.15) is 24.0 Å². The molecule has 1 atom stereocenters. The van der Waals surface area contributed by atoms with Crippen molar-refractivity contribution in [3.63, 3.8) is 0 Å². The largest absolute Gasteiger partial charge is 0.343 e. The van der Waals surface area contributed by atoms with Gasteiger partial charge in [0.2, 0.25) is 5.91 Å². The van der Waals surface area contributed by atoms with E-state index in [1.807, 2.05) is 47.5 Å². The van der Waals surface area contributed by atoms with E-state index in [0.717, 1.165) is 22.6 Å². The van der Waals surface area contributed by atoms with Crippen molar-refractivity contribution in [2.24, 2.45) is 4.40 Å². The topological polar surface area (TPSA) is 91.7 Å². The standard InChI is InChI=1S/C24H22N4O3S2/c29-24(26-18-9-11-19(12-10-18)32-16-17-5-3-13-25-15-17)21-7-4-14-28(21)23-20-6-1-2-8-22(20)33(30,31)27-23/h1-3,5-6,8-13,15,21H,4,7,14,16H2,(H,26,29)/t21-/m0/s1. The summed E-state index contributed by atoms with van der Waals surface area (Å²) in [5, 5.41) is 2.98. The predicted molar refractivity (Wildman–Crippen MR) is 129 cm³/mol. The molecule has 7 nitrogen and oxygen atoms in total. The van der Waals surface area contributed by atoms with Crippen LogP contribution in [0.15, 0.2) is 87.2 Å². The number of amides is 1. The third-order valence-corrected chi connectivity index (χ3v) is 8.10. The average molecular weight is 479 g/mol. The van der Waals surface area contributed by atoms with Gasteiger partial charge in [0.25, 0.3) is 10.0 Å². The summed E-state index contributed by atoms with van der Waals surface area (Å²) in [5.74, 6) is 1.03. The van der Waals surface area contributed by atoms with Crippen molar-refractivity contribution in [2.45, 2.75) is 34.4 Å². The van der Waals surface area contributed by atoms with E-state index in [-0.39, 0.29) is 10.8 Å². The zero-order valence-electron chi connectivity index (χ0n) is 17.7. The molecule has 1 fully saturated rings. The molecule has 2 aliphatic heterocycles. The maximum Gasteiger partial charge on any atom is 0.285 e. The second-order valence-electron chi connectivity index (χ2n) is 7.90. The molecule has 0 radical (unpaired) electrons. The van der Waals surface area contributed by atoms with Crippen LogP contribution in [0.3, 0.4) is 0 Å². The van der Waals surface area contributed by atoms with Gasteiger partial charge in [-0.1, -0.05) is 18.2 Å². The van der Waals surface area contributed by atoms with Gasteiger partial charge in [-0.2, -0.15) is 8.42 Å². The molecular formula is C24H22N4O3S2. The molecule has 3 aromatic rings. The Hall–Kier alpha value is -3.17. The summed E-state index contributed by atoms with van der Waals surface area (Å²) in [4.78, 5) is 20.3. The number of rotatable bonds is 5. The molecule has 33 heavy (non-hydrogen) atoms. The number of anilines is 1. The van der Waals surface area contributed by atoms with Crippen molar-refractivity contribution in [1.29, 1.82) is 0 Å². The quantitative estimate of drug-likeness (QED) is 0.559. The van der Waals surface area contributed by atoms with E-state index in [9.17, 15) is 13.2 Å². The summed E-state index contributed by atoms with van der Waals surface area (Å²) in [6, 6.07) is 18.0. The van der Waals surface area contributed by atoms with Gasteiger partial charge in [0.1, 0.15) is 10.9 Å². The second kappa shape index (κ2) is 8.99. The molecule has 0 spiro atoms. The number of nitrogens with one attached hydrogen (secondary N) is 1. The zero-order valence-corrected chi connectivity index (χ0v) is 19.3. The van der Waals surface area contributed by atoms with Crippen LogP contribution in [-0.4, -0.2) is 42.6 Å². The van der Waals surface area contributed by atoms with Crippen molar-refractivity contribution < 1.29 is 13.2 Å². The van der Waals surface area contributed by atoms with Gasteiger partial charge in [-0.25, -0.2) is 0 Å². The zero-order chi connectivity index (χ0) is 22.8. The first kappa shape index (κ1) is 21.7. The Balaban J connectivity index is 1.26. The van der Waals surface area contributed by atoms with E-state index < -0.39 is 16.1 Å². The lowest BCUT2D eigenvalue weighted by Gasteiger charge is -2.25. The van der Waals surface area contributed by atoms with E-state index in [1.165, 1.54) is 0 Å². The highest BCUT2D eigenvalue weighted by Gasteiger charge is 2.39. The lowest BCUT2D eigenvalue weighted by atomic mass is 10.1. The number of carbonyl (C=O) groups is 1. The summed E-state index contributed by atoms with van der Waals surface area (Å²) in [5.41, 5.74) is 2.42. The maximum absolute atomic E-state index is 13.1. The second-order valence-corrected chi connectivity index (χ2v) is 10.5. The lowest BCUT2D eigenvalue weighted by molar-refractivity contribution is -0.119. The van der Waals surface area contributed by atoms with Crippen molar-refractivity contribution >= 4 is 39.2 Å². The number of pyridine rings is 1. The molecule has 0 saturated carbocycles. The van der Waals surface area contributed by atoms with Crippen LogP contribution in [-0.2, 0) is 20.6 Å². The van der Waals surface area contributed by atoms with Gasteiger partial charge in [0.05, 0.1) is 0 Å². The summed E-state index contributed by atoms with van der Waals surface area (Å²) in [7, 11) is -3.72. The molecule has 0 bridgehead atoms. The molecule has 1 saturated heterocycles. The molecule has 9 heteroatoms. The summed E-state index contributed by atoms with van der Waals surface area (Å²) in [6.45, 7) is 0.588. The van der Waals surface area contributed by atoms with Crippen molar-refractivity contribution in [3.05, 3.63) is 84.2 Å². The maximum atomic E-state index is 13.1. The number of hydrogen-bond acceptors (Lipinski definition) is 6. The number of amidine groups is 1. The minimum Gasteiger partial charge on any atom is -0.343 e. The Morgan fingerprint density at radius 2 is 1.91 bits per heavy atom. The molecule has 2 aromatic carbocycles. The number of aromatic nitrogens is 1. The van der Waals surface area contributed by atoms with Crippen LogP contribution in [0.4, 0.5) is 5.69 Å². The van der Waals surface area contributed by atoms with Gasteiger partial charge in [-0.3, -0.25) is 9.78 Å². The molecule has 5 rings (SSSR count). The molecule has 0 unspecified atom stereocenters. The van der Waals surface area contributed by atoms with Crippen molar-refractivity contribution in [3.8, 4) is 0 Å². The van der Waals surface area contributed by atoms with Gasteiger partial charge in [0.15, 0.2) is 5.84 Å². The highest BCUT2D eigenvalue weighted by atomic mass is 32.2. The Kier molecular flexibility index (Phi) is 5.90. The van der Waals surface area contributed by atoms with Crippen LogP contribution in [0.2, 0.25) is 0 Å². The van der Waals surface area contributed by atoms with Gasteiger partial charge in [-0.15, -0.1) is 16.2 Å². The molecule has 1 N–H and O–H groups in total. The van der Waals surface area contributed by atoms with Crippen LogP contribution in [0.25, 0.3) is 0 Å². The molecule has 0 aliphatic carbocycles.